The van der Waals surface area contributed by atoms with Crippen LogP contribution in [0.2, 0.25) is 0 Å². The number of ether oxygens (including phenoxy) is 2. The Morgan fingerprint density at radius 2 is 1.17 bits per heavy atom. The van der Waals surface area contributed by atoms with Gasteiger partial charge in [-0.25, -0.2) is 0 Å². The maximum atomic E-state index is 12.6. The molecule has 53 heavy (non-hydrogen) atoms. The number of nitrogens with one attached hydrogen (secondary N) is 2. The van der Waals surface area contributed by atoms with Crippen LogP contribution in [-0.4, -0.2) is 196 Å². The summed E-state index contributed by atoms with van der Waals surface area (Å²) in [6.45, 7) is 13.1. The van der Waals surface area contributed by atoms with E-state index in [9.17, 15) is 19.8 Å². The average molecular weight is 856 g/mol. The number of hydrogen-bond acceptors (Lipinski definition) is 14. The van der Waals surface area contributed by atoms with E-state index in [-0.39, 0.29) is 17.1 Å². The monoisotopic (exact) mass is 855 g/mol. The van der Waals surface area contributed by atoms with Gasteiger partial charge in [-0.1, -0.05) is 54.0 Å². The van der Waals surface area contributed by atoms with Crippen molar-refractivity contribution in [2.75, 3.05) is 124 Å². The Morgan fingerprint density at radius 1 is 0.755 bits per heavy atom. The Bertz CT molecular complexity index is 1190. The number of pyridine rings is 1. The van der Waals surface area contributed by atoms with Crippen LogP contribution < -0.4 is 10.6 Å². The van der Waals surface area contributed by atoms with Crippen LogP contribution >= 0.6 is 48.0 Å². The number of morpholine rings is 2. The molecule has 14 nitrogen and oxygen atoms in total. The van der Waals surface area contributed by atoms with E-state index in [0.717, 1.165) is 90.2 Å². The van der Waals surface area contributed by atoms with E-state index < -0.39 is 24.0 Å². The van der Waals surface area contributed by atoms with Crippen molar-refractivity contribution in [2.45, 2.75) is 38.0 Å². The smallest absolute Gasteiger partial charge is 0.320 e. The van der Waals surface area contributed by atoms with E-state index in [4.69, 9.17) is 38.9 Å². The fourth-order valence-electron chi connectivity index (χ4n) is 6.36. The summed E-state index contributed by atoms with van der Waals surface area (Å²) in [5.74, 6) is -0.561. The van der Waals surface area contributed by atoms with Crippen LogP contribution in [0.3, 0.4) is 0 Å². The summed E-state index contributed by atoms with van der Waals surface area (Å²) in [5.41, 5.74) is 1.52. The van der Waals surface area contributed by atoms with E-state index in [0.29, 0.717) is 72.3 Å². The third-order valence-electron chi connectivity index (χ3n) is 9.44. The molecule has 4 N–H and O–H groups in total. The van der Waals surface area contributed by atoms with Crippen LogP contribution in [0.1, 0.15) is 24.2 Å². The van der Waals surface area contributed by atoms with E-state index >= 15 is 0 Å². The van der Waals surface area contributed by atoms with Crippen LogP contribution in [0.5, 0.6) is 0 Å². The molecule has 2 saturated heterocycles. The molecule has 3 aliphatic heterocycles. The number of aliphatic carboxylic acids is 2. The molecule has 0 saturated carbocycles. The average Bonchev–Trinajstić information content (AvgIpc) is 3.13. The molecule has 0 aromatic carbocycles. The Morgan fingerprint density at radius 3 is 1.57 bits per heavy atom. The Labute approximate surface area is 344 Å². The molecule has 4 rings (SSSR count). The molecule has 0 spiro atoms. The van der Waals surface area contributed by atoms with E-state index in [1.54, 1.807) is 0 Å². The molecular formula is C34H56MnN8O6S4. The quantitative estimate of drug-likeness (QED) is 0.140. The first-order chi connectivity index (χ1) is 25.2. The second-order valence-corrected chi connectivity index (χ2v) is 16.7. The van der Waals surface area contributed by atoms with E-state index in [1.165, 1.54) is 23.5 Å². The number of nitrogens with zero attached hydrogens (tertiary/aromatic N) is 6. The van der Waals surface area contributed by atoms with Gasteiger partial charge in [-0.3, -0.25) is 34.2 Å². The zero-order chi connectivity index (χ0) is 37.1. The van der Waals surface area contributed by atoms with Crippen molar-refractivity contribution in [3.8, 4) is 0 Å². The molecule has 2 unspecified atom stereocenters. The predicted octanol–water partition coefficient (Wildman–Crippen LogP) is 1.19. The normalized spacial score (nSPS) is 19.9. The zero-order valence-corrected chi connectivity index (χ0v) is 35.1. The standard InChI is InChI=1S/C34H56N8O6S4.Mn/c1-38-11-13-41(29(31(43)44)5-23-51-33(49)35-7-9-39-15-19-47-20-16-39)25-27-3-2-4-28(37-27)26-42(14-12-38)30(32(45)46)6-24-52-34(50)36-8-10-40-17-21-48-22-18-40;/h2-4,29-30H,5-26H2,1H3,(H,35,49)(H,36,50)(H,43,44)(H,45,46);. The fraction of sp³-hybridized carbons (Fsp3) is 0.735. The summed E-state index contributed by atoms with van der Waals surface area (Å²) >= 11 is 14.0. The first-order valence-electron chi connectivity index (χ1n) is 18.2. The zero-order valence-electron chi connectivity index (χ0n) is 30.7. The van der Waals surface area contributed by atoms with Crippen molar-refractivity contribution in [1.29, 1.82) is 0 Å². The van der Waals surface area contributed by atoms with Crippen molar-refractivity contribution in [3.63, 3.8) is 0 Å². The van der Waals surface area contributed by atoms with Crippen LogP contribution in [-0.2, 0) is 49.2 Å². The second-order valence-electron chi connectivity index (χ2n) is 13.2. The summed E-state index contributed by atoms with van der Waals surface area (Å²) < 4.78 is 12.2. The van der Waals surface area contributed by atoms with Crippen molar-refractivity contribution < 1.29 is 46.3 Å². The number of likely N-dealkylation sites (N-methyl/N-ethyl adjacent to an activating group) is 1. The van der Waals surface area contributed by atoms with Crippen LogP contribution in [0.15, 0.2) is 18.2 Å². The SMILES string of the molecule is CN1CCN(C(CCSC(=S)NCCN2CCOCC2)C(=O)O)Cc2cccc(n2)CN(C(CCSC(=S)NCCN2CCOCC2)C(=O)O)CC1.[Mn]. The number of hydrogen-bond donors (Lipinski definition) is 4. The van der Waals surface area contributed by atoms with Gasteiger partial charge in [0.25, 0.3) is 0 Å². The Kier molecular flexibility index (Phi) is 22.5. The van der Waals surface area contributed by atoms with E-state index in [1.807, 2.05) is 35.0 Å². The van der Waals surface area contributed by atoms with Crippen LogP contribution in [0, 0.1) is 0 Å². The molecular weight excluding hydrogens is 800 g/mol. The third kappa shape index (κ3) is 17.7. The minimum atomic E-state index is -0.863. The third-order valence-corrected chi connectivity index (χ3v) is 12.1. The first-order valence-corrected chi connectivity index (χ1v) is 20.9. The van der Waals surface area contributed by atoms with Gasteiger partial charge >= 0.3 is 11.9 Å². The topological polar surface area (TPSA) is 146 Å². The molecule has 1 aromatic rings. The molecule has 19 heteroatoms. The predicted molar refractivity (Wildman–Crippen MR) is 215 cm³/mol. The largest absolute Gasteiger partial charge is 0.480 e. The second kappa shape index (κ2) is 25.9. The van der Waals surface area contributed by atoms with Gasteiger partial charge in [-0.2, -0.15) is 0 Å². The molecule has 0 aliphatic carbocycles. The summed E-state index contributed by atoms with van der Waals surface area (Å²) in [6.07, 6.45) is 0.876. The molecule has 3 aliphatic rings. The van der Waals surface area contributed by atoms with Gasteiger partial charge < -0.3 is 35.2 Å². The van der Waals surface area contributed by atoms with Gasteiger partial charge in [0.05, 0.1) is 37.8 Å². The number of carboxylic acids is 2. The number of thioether (sulfide) groups is 2. The molecule has 0 amide bonds. The van der Waals surface area contributed by atoms with Crippen LogP contribution in [0.4, 0.5) is 0 Å². The Hall–Kier alpha value is -1.19. The van der Waals surface area contributed by atoms with E-state index in [2.05, 4.69) is 25.3 Å². The molecule has 1 radical (unpaired) electrons. The van der Waals surface area contributed by atoms with Crippen molar-refractivity contribution in [1.82, 2.24) is 40.1 Å². The summed E-state index contributed by atoms with van der Waals surface area (Å²) in [6, 6.07) is 4.35. The maximum Gasteiger partial charge on any atom is 0.320 e. The number of carboxylic acid groups (broad SMARTS) is 2. The molecule has 2 fully saturated rings. The minimum Gasteiger partial charge on any atom is -0.480 e. The number of thiocarbonyl (C=S) groups is 2. The van der Waals surface area contributed by atoms with Crippen LogP contribution in [0.25, 0.3) is 0 Å². The van der Waals surface area contributed by atoms with Gasteiger partial charge in [0, 0.05) is 120 Å². The number of aromatic nitrogens is 1. The van der Waals surface area contributed by atoms with Crippen molar-refractivity contribution in [3.05, 3.63) is 29.6 Å². The van der Waals surface area contributed by atoms with Gasteiger partial charge in [0.1, 0.15) is 20.7 Å². The number of fused-ring (bicyclic) bond motifs is 2. The van der Waals surface area contributed by atoms with Crippen molar-refractivity contribution >= 4 is 68.5 Å². The summed E-state index contributed by atoms with van der Waals surface area (Å²) in [5, 5.41) is 27.3. The minimum absolute atomic E-state index is 0. The molecule has 1 aromatic heterocycles. The molecule has 2 atom stereocenters. The summed E-state index contributed by atoms with van der Waals surface area (Å²) in [7, 11) is 2.00. The first kappa shape index (κ1) is 46.2. The van der Waals surface area contributed by atoms with Gasteiger partial charge in [0.15, 0.2) is 0 Å². The molecule has 4 heterocycles. The Balaban J connectivity index is 0.00000756. The molecule has 2 bridgehead atoms. The fourth-order valence-corrected chi connectivity index (χ4v) is 8.52. The maximum absolute atomic E-state index is 12.6. The van der Waals surface area contributed by atoms with Gasteiger partial charge in [-0.15, -0.1) is 0 Å². The molecule has 299 valence electrons. The van der Waals surface area contributed by atoms with Gasteiger partial charge in [0.2, 0.25) is 0 Å². The summed E-state index contributed by atoms with van der Waals surface area (Å²) in [4.78, 5) is 40.9. The number of rotatable bonds is 16. The number of carbonyl (C=O) groups is 2. The van der Waals surface area contributed by atoms with Crippen molar-refractivity contribution in [2.24, 2.45) is 0 Å². The van der Waals surface area contributed by atoms with Gasteiger partial charge in [-0.05, 0) is 32.0 Å².